The van der Waals surface area contributed by atoms with Crippen LogP contribution in [0.3, 0.4) is 0 Å². The number of rotatable bonds is 5. The number of nitrogens with zero attached hydrogens (tertiary/aromatic N) is 2. The van der Waals surface area contributed by atoms with Crippen molar-refractivity contribution >= 4 is 28.8 Å². The lowest BCUT2D eigenvalue weighted by atomic mass is 10.3. The molecule has 0 spiro atoms. The van der Waals surface area contributed by atoms with Crippen molar-refractivity contribution in [3.63, 3.8) is 0 Å². The van der Waals surface area contributed by atoms with Gasteiger partial charge in [-0.1, -0.05) is 0 Å². The quantitative estimate of drug-likeness (QED) is 0.414. The highest BCUT2D eigenvalue weighted by molar-refractivity contribution is 7.13. The Morgan fingerprint density at radius 3 is 3.11 bits per heavy atom. The summed E-state index contributed by atoms with van der Waals surface area (Å²) in [5.74, 6) is 1.21. The molecule has 2 aromatic heterocycles. The minimum Gasteiger partial charge on any atom is -0.458 e. The van der Waals surface area contributed by atoms with Crippen LogP contribution in [-0.4, -0.2) is 17.4 Å². The molecule has 0 saturated carbocycles. The van der Waals surface area contributed by atoms with E-state index in [-0.39, 0.29) is 5.96 Å². The normalized spacial score (nSPS) is 10.0. The lowest BCUT2D eigenvalue weighted by molar-refractivity contribution is -0.109. The molecule has 0 unspecified atom stereocenters. The van der Waals surface area contributed by atoms with Crippen molar-refractivity contribution in [3.8, 4) is 11.5 Å². The third-order valence-corrected chi connectivity index (χ3v) is 2.73. The van der Waals surface area contributed by atoms with Crippen LogP contribution in [0.1, 0.15) is 5.76 Å². The van der Waals surface area contributed by atoms with Gasteiger partial charge < -0.3 is 21.2 Å². The van der Waals surface area contributed by atoms with Crippen LogP contribution in [0.5, 0.6) is 0 Å². The van der Waals surface area contributed by atoms with Gasteiger partial charge in [-0.05, 0) is 12.1 Å². The fourth-order valence-corrected chi connectivity index (χ4v) is 1.99. The summed E-state index contributed by atoms with van der Waals surface area (Å²) >= 11 is 1.31. The molecule has 0 saturated heterocycles. The molecule has 0 atom stereocenters. The molecule has 2 rings (SSSR count). The van der Waals surface area contributed by atoms with E-state index in [1.54, 1.807) is 17.5 Å². The number of thiazole rings is 1. The average molecular weight is 265 g/mol. The van der Waals surface area contributed by atoms with E-state index < -0.39 is 0 Å². The lowest BCUT2D eigenvalue weighted by Crippen LogP contribution is -2.21. The van der Waals surface area contributed by atoms with Crippen LogP contribution in [0.15, 0.2) is 26.9 Å². The van der Waals surface area contributed by atoms with Crippen molar-refractivity contribution in [2.24, 2.45) is 16.5 Å². The van der Waals surface area contributed by atoms with Crippen LogP contribution in [0.2, 0.25) is 0 Å². The minimum atomic E-state index is -0.0359. The van der Waals surface area contributed by atoms with Gasteiger partial charge in [-0.2, -0.15) is 4.99 Å². The fourth-order valence-electron chi connectivity index (χ4n) is 1.29. The first-order chi connectivity index (χ1) is 8.69. The number of hydrogen-bond acceptors (Lipinski definition) is 5. The molecule has 2 heterocycles. The summed E-state index contributed by atoms with van der Waals surface area (Å²) in [4.78, 5) is 18.2. The summed E-state index contributed by atoms with van der Waals surface area (Å²) < 4.78 is 5.50. The van der Waals surface area contributed by atoms with Crippen molar-refractivity contribution in [1.29, 1.82) is 0 Å². The zero-order valence-electron chi connectivity index (χ0n) is 9.29. The first-order valence-corrected chi connectivity index (χ1v) is 5.88. The zero-order chi connectivity index (χ0) is 13.0. The molecule has 18 heavy (non-hydrogen) atoms. The summed E-state index contributed by atoms with van der Waals surface area (Å²) in [5, 5.41) is 4.77. The molecule has 94 valence electrons. The number of carbonyl (C=O) groups is 1. The zero-order valence-corrected chi connectivity index (χ0v) is 10.1. The van der Waals surface area contributed by atoms with E-state index in [0.29, 0.717) is 35.3 Å². The Kier molecular flexibility index (Phi) is 3.58. The molecule has 1 amide bonds. The average Bonchev–Trinajstić information content (AvgIpc) is 2.94. The van der Waals surface area contributed by atoms with Crippen molar-refractivity contribution < 1.29 is 9.21 Å². The van der Waals surface area contributed by atoms with E-state index >= 15 is 0 Å². The monoisotopic (exact) mass is 265 g/mol. The number of nitrogens with two attached hydrogens (primary N) is 2. The van der Waals surface area contributed by atoms with Gasteiger partial charge in [0, 0.05) is 5.38 Å². The summed E-state index contributed by atoms with van der Waals surface area (Å²) in [6.45, 7) is 0.342. The highest BCUT2D eigenvalue weighted by Crippen LogP contribution is 2.27. The van der Waals surface area contributed by atoms with Crippen molar-refractivity contribution in [1.82, 2.24) is 10.3 Å². The van der Waals surface area contributed by atoms with E-state index in [2.05, 4.69) is 15.3 Å². The highest BCUT2D eigenvalue weighted by atomic mass is 32.1. The first kappa shape index (κ1) is 12.1. The number of guanidine groups is 1. The van der Waals surface area contributed by atoms with E-state index in [1.165, 1.54) is 11.3 Å². The van der Waals surface area contributed by atoms with E-state index in [4.69, 9.17) is 15.9 Å². The smallest absolute Gasteiger partial charge is 0.212 e. The maximum atomic E-state index is 10.2. The third kappa shape index (κ3) is 2.86. The molecule has 0 aliphatic rings. The molecule has 0 fully saturated rings. The van der Waals surface area contributed by atoms with Gasteiger partial charge in [-0.25, -0.2) is 4.98 Å². The summed E-state index contributed by atoms with van der Waals surface area (Å²) in [7, 11) is 0. The number of carbonyl (C=O) groups excluding carboxylic acids is 1. The van der Waals surface area contributed by atoms with Crippen LogP contribution < -0.4 is 16.8 Å². The highest BCUT2D eigenvalue weighted by Gasteiger charge is 2.08. The molecule has 0 aliphatic carbocycles. The predicted octanol–water partition coefficient (Wildman–Crippen LogP) is 0.554. The maximum absolute atomic E-state index is 10.2. The van der Waals surface area contributed by atoms with E-state index in [0.717, 1.165) is 0 Å². The number of amides is 1. The molecule has 0 radical (unpaired) electrons. The van der Waals surface area contributed by atoms with Crippen LogP contribution in [0, 0.1) is 0 Å². The molecular weight excluding hydrogens is 254 g/mol. The first-order valence-electron chi connectivity index (χ1n) is 5.00. The van der Waals surface area contributed by atoms with Gasteiger partial charge in [-0.15, -0.1) is 11.3 Å². The number of hydrogen-bond donors (Lipinski definition) is 3. The Morgan fingerprint density at radius 2 is 2.39 bits per heavy atom. The van der Waals surface area contributed by atoms with Crippen LogP contribution >= 0.6 is 11.3 Å². The molecular formula is C10H11N5O2S. The van der Waals surface area contributed by atoms with Gasteiger partial charge >= 0.3 is 0 Å². The Bertz CT molecular complexity index is 570. The molecule has 0 bridgehead atoms. The molecule has 7 nitrogen and oxygen atoms in total. The van der Waals surface area contributed by atoms with Crippen molar-refractivity contribution in [2.45, 2.75) is 6.54 Å². The Hall–Kier alpha value is -2.35. The summed E-state index contributed by atoms with van der Waals surface area (Å²) in [5.41, 5.74) is 11.2. The molecule has 2 aromatic rings. The number of aliphatic imine (C=N–C) groups is 1. The van der Waals surface area contributed by atoms with Gasteiger partial charge in [0.05, 0.1) is 6.54 Å². The second kappa shape index (κ2) is 5.32. The van der Waals surface area contributed by atoms with Crippen LogP contribution in [0.4, 0.5) is 5.13 Å². The second-order valence-electron chi connectivity index (χ2n) is 3.32. The molecule has 0 aromatic carbocycles. The van der Waals surface area contributed by atoms with Gasteiger partial charge in [0.15, 0.2) is 11.7 Å². The van der Waals surface area contributed by atoms with Gasteiger partial charge in [0.25, 0.3) is 0 Å². The van der Waals surface area contributed by atoms with E-state index in [1.807, 2.05) is 0 Å². The molecule has 8 heteroatoms. The number of furan rings is 1. The minimum absolute atomic E-state index is 0.0359. The van der Waals surface area contributed by atoms with Crippen LogP contribution in [0.25, 0.3) is 11.5 Å². The van der Waals surface area contributed by atoms with E-state index in [9.17, 15) is 4.79 Å². The van der Waals surface area contributed by atoms with Gasteiger partial charge in [-0.3, -0.25) is 4.79 Å². The van der Waals surface area contributed by atoms with Gasteiger partial charge in [0.1, 0.15) is 11.5 Å². The van der Waals surface area contributed by atoms with Crippen molar-refractivity contribution in [3.05, 3.63) is 23.3 Å². The summed E-state index contributed by atoms with van der Waals surface area (Å²) in [6, 6.07) is 3.54. The Morgan fingerprint density at radius 1 is 1.56 bits per heavy atom. The standard InChI is InChI=1S/C10H11N5O2S/c11-9(12)15-10-14-7(4-18-10)8-2-1-6(17-8)3-13-5-16/h1-2,4-5H,3H2,(H,13,16)(H4,11,12,14,15). The number of nitrogens with one attached hydrogen (secondary N) is 1. The molecule has 5 N–H and O–H groups in total. The predicted molar refractivity (Wildman–Crippen MR) is 68.2 cm³/mol. The third-order valence-electron chi connectivity index (χ3n) is 1.99. The second-order valence-corrected chi connectivity index (χ2v) is 4.15. The lowest BCUT2D eigenvalue weighted by Gasteiger charge is -1.93. The number of aromatic nitrogens is 1. The Labute approximate surface area is 107 Å². The topological polar surface area (TPSA) is 120 Å². The fraction of sp³-hybridized carbons (Fsp3) is 0.100. The van der Waals surface area contributed by atoms with Gasteiger partial charge in [0.2, 0.25) is 11.5 Å². The maximum Gasteiger partial charge on any atom is 0.212 e. The SMILES string of the molecule is NC(N)=Nc1nc(-c2ccc(CNC=O)o2)cs1. The van der Waals surface area contributed by atoms with Crippen molar-refractivity contribution in [2.75, 3.05) is 0 Å². The molecule has 0 aliphatic heterocycles. The largest absolute Gasteiger partial charge is 0.458 e. The Balaban J connectivity index is 2.16. The summed E-state index contributed by atoms with van der Waals surface area (Å²) in [6.07, 6.45) is 0.613. The van der Waals surface area contributed by atoms with Crippen LogP contribution in [-0.2, 0) is 11.3 Å².